The number of amides is 1. The summed E-state index contributed by atoms with van der Waals surface area (Å²) in [6.07, 6.45) is -2.92. The zero-order valence-corrected chi connectivity index (χ0v) is 8.75. The van der Waals surface area contributed by atoms with E-state index in [1.165, 1.54) is 6.07 Å². The normalized spacial score (nSPS) is 15.7. The first kappa shape index (κ1) is 11.8. The van der Waals surface area contributed by atoms with Crippen LogP contribution in [0, 0.1) is 0 Å². The van der Waals surface area contributed by atoms with Gasteiger partial charge in [-0.25, -0.2) is 0 Å². The van der Waals surface area contributed by atoms with Gasteiger partial charge in [-0.3, -0.25) is 4.79 Å². The second-order valence-electron chi connectivity index (χ2n) is 3.93. The van der Waals surface area contributed by atoms with Gasteiger partial charge in [0, 0.05) is 5.56 Å². The predicted octanol–water partition coefficient (Wildman–Crippen LogP) is 2.35. The van der Waals surface area contributed by atoms with Gasteiger partial charge in [-0.05, 0) is 31.0 Å². The Morgan fingerprint density at radius 3 is 2.41 bits per heavy atom. The highest BCUT2D eigenvalue weighted by atomic mass is 19.4. The van der Waals surface area contributed by atoms with Crippen molar-refractivity contribution in [2.75, 3.05) is 0 Å². The summed E-state index contributed by atoms with van der Waals surface area (Å²) in [7, 11) is 0. The Kier molecular flexibility index (Phi) is 2.73. The maximum Gasteiger partial charge on any atom is 0.416 e. The highest BCUT2D eigenvalue weighted by molar-refractivity contribution is 5.93. The highest BCUT2D eigenvalue weighted by Crippen LogP contribution is 2.34. The molecule has 0 heterocycles. The fraction of sp³-hybridized carbons (Fsp3) is 0.364. The summed E-state index contributed by atoms with van der Waals surface area (Å²) in [5, 5.41) is 0. The van der Waals surface area contributed by atoms with E-state index in [4.69, 9.17) is 10.5 Å². The van der Waals surface area contributed by atoms with Crippen LogP contribution in [0.5, 0.6) is 5.75 Å². The summed E-state index contributed by atoms with van der Waals surface area (Å²) >= 11 is 0. The molecule has 0 aliphatic heterocycles. The number of hydrogen-bond acceptors (Lipinski definition) is 2. The molecule has 0 aromatic heterocycles. The third-order valence-corrected chi connectivity index (χ3v) is 2.35. The number of hydrogen-bond donors (Lipinski definition) is 1. The van der Waals surface area contributed by atoms with Crippen LogP contribution in [0.15, 0.2) is 18.2 Å². The average molecular weight is 245 g/mol. The molecule has 0 bridgehead atoms. The molecule has 1 aliphatic rings. The number of primary amides is 1. The van der Waals surface area contributed by atoms with Crippen molar-refractivity contribution in [2.24, 2.45) is 5.73 Å². The standard InChI is InChI=1S/C11H10F3NO2/c12-11(13,14)7-3-6(10(15)16)4-9(5-7)17-8-1-2-8/h3-5,8H,1-2H2,(H2,15,16). The Bertz CT molecular complexity index is 453. The van der Waals surface area contributed by atoms with Crippen LogP contribution in [-0.2, 0) is 6.18 Å². The number of carbonyl (C=O) groups is 1. The number of nitrogens with two attached hydrogens (primary N) is 1. The minimum Gasteiger partial charge on any atom is -0.490 e. The molecule has 0 radical (unpaired) electrons. The van der Waals surface area contributed by atoms with E-state index in [0.717, 1.165) is 25.0 Å². The lowest BCUT2D eigenvalue weighted by Crippen LogP contribution is -2.14. The molecule has 6 heteroatoms. The summed E-state index contributed by atoms with van der Waals surface area (Å²) in [5.74, 6) is -0.868. The molecule has 17 heavy (non-hydrogen) atoms. The van der Waals surface area contributed by atoms with Gasteiger partial charge >= 0.3 is 6.18 Å². The summed E-state index contributed by atoms with van der Waals surface area (Å²) < 4.78 is 42.9. The Morgan fingerprint density at radius 1 is 1.29 bits per heavy atom. The van der Waals surface area contributed by atoms with Gasteiger partial charge in [0.15, 0.2) is 0 Å². The molecule has 0 saturated heterocycles. The number of ether oxygens (including phenoxy) is 1. The molecule has 1 amide bonds. The molecule has 0 atom stereocenters. The Hall–Kier alpha value is -1.72. The minimum absolute atomic E-state index is 0.0381. The van der Waals surface area contributed by atoms with Crippen molar-refractivity contribution in [3.63, 3.8) is 0 Å². The molecule has 1 saturated carbocycles. The largest absolute Gasteiger partial charge is 0.490 e. The zero-order chi connectivity index (χ0) is 12.6. The van der Waals surface area contributed by atoms with Crippen molar-refractivity contribution in [3.05, 3.63) is 29.3 Å². The zero-order valence-electron chi connectivity index (χ0n) is 8.75. The van der Waals surface area contributed by atoms with E-state index in [1.807, 2.05) is 0 Å². The first-order valence-electron chi connectivity index (χ1n) is 5.05. The first-order chi connectivity index (χ1) is 7.86. The van der Waals surface area contributed by atoms with E-state index in [9.17, 15) is 18.0 Å². The van der Waals surface area contributed by atoms with Crippen LogP contribution in [0.4, 0.5) is 13.2 Å². The van der Waals surface area contributed by atoms with Crippen LogP contribution in [0.25, 0.3) is 0 Å². The van der Waals surface area contributed by atoms with E-state index in [1.54, 1.807) is 0 Å². The van der Waals surface area contributed by atoms with Crippen LogP contribution in [-0.4, -0.2) is 12.0 Å². The molecule has 0 spiro atoms. The second kappa shape index (κ2) is 3.94. The highest BCUT2D eigenvalue weighted by Gasteiger charge is 2.32. The third-order valence-electron chi connectivity index (χ3n) is 2.35. The molecule has 2 rings (SSSR count). The van der Waals surface area contributed by atoms with Crippen LogP contribution in [0.2, 0.25) is 0 Å². The summed E-state index contributed by atoms with van der Waals surface area (Å²) in [4.78, 5) is 10.9. The fourth-order valence-electron chi connectivity index (χ4n) is 1.35. The Balaban J connectivity index is 2.37. The summed E-state index contributed by atoms with van der Waals surface area (Å²) in [6.45, 7) is 0. The number of carbonyl (C=O) groups excluding carboxylic acids is 1. The molecular formula is C11H10F3NO2. The predicted molar refractivity (Wildman–Crippen MR) is 53.6 cm³/mol. The van der Waals surface area contributed by atoms with Crippen molar-refractivity contribution < 1.29 is 22.7 Å². The van der Waals surface area contributed by atoms with Gasteiger partial charge in [-0.15, -0.1) is 0 Å². The molecule has 0 unspecified atom stereocenters. The van der Waals surface area contributed by atoms with E-state index < -0.39 is 17.6 Å². The van der Waals surface area contributed by atoms with Gasteiger partial charge < -0.3 is 10.5 Å². The molecule has 1 fully saturated rings. The third kappa shape index (κ3) is 2.89. The lowest BCUT2D eigenvalue weighted by Gasteiger charge is -2.11. The first-order valence-corrected chi connectivity index (χ1v) is 5.05. The van der Waals surface area contributed by atoms with Gasteiger partial charge in [-0.1, -0.05) is 0 Å². The second-order valence-corrected chi connectivity index (χ2v) is 3.93. The molecule has 92 valence electrons. The lowest BCUT2D eigenvalue weighted by molar-refractivity contribution is -0.137. The van der Waals surface area contributed by atoms with Crippen LogP contribution in [0.3, 0.4) is 0 Å². The Labute approximate surface area is 95.4 Å². The van der Waals surface area contributed by atoms with Gasteiger partial charge in [-0.2, -0.15) is 13.2 Å². The van der Waals surface area contributed by atoms with Crippen molar-refractivity contribution in [1.82, 2.24) is 0 Å². The van der Waals surface area contributed by atoms with E-state index in [0.29, 0.717) is 0 Å². The molecular weight excluding hydrogens is 235 g/mol. The number of halogens is 3. The average Bonchev–Trinajstić information content (AvgIpc) is 2.99. The van der Waals surface area contributed by atoms with E-state index in [-0.39, 0.29) is 17.4 Å². The van der Waals surface area contributed by atoms with Gasteiger partial charge in [0.05, 0.1) is 11.7 Å². The Morgan fingerprint density at radius 2 is 1.94 bits per heavy atom. The van der Waals surface area contributed by atoms with Crippen molar-refractivity contribution in [3.8, 4) is 5.75 Å². The van der Waals surface area contributed by atoms with Crippen LogP contribution in [0.1, 0.15) is 28.8 Å². The minimum atomic E-state index is -4.52. The molecule has 1 aromatic rings. The fourth-order valence-corrected chi connectivity index (χ4v) is 1.35. The lowest BCUT2D eigenvalue weighted by atomic mass is 10.1. The number of rotatable bonds is 3. The number of benzene rings is 1. The van der Waals surface area contributed by atoms with Gasteiger partial charge in [0.25, 0.3) is 0 Å². The molecule has 1 aromatic carbocycles. The van der Waals surface area contributed by atoms with Gasteiger partial charge in [0.1, 0.15) is 5.75 Å². The van der Waals surface area contributed by atoms with Crippen LogP contribution < -0.4 is 10.5 Å². The number of alkyl halides is 3. The van der Waals surface area contributed by atoms with Crippen molar-refractivity contribution >= 4 is 5.91 Å². The summed E-state index contributed by atoms with van der Waals surface area (Å²) in [6, 6.07) is 2.84. The van der Waals surface area contributed by atoms with Gasteiger partial charge in [0.2, 0.25) is 5.91 Å². The quantitative estimate of drug-likeness (QED) is 0.888. The SMILES string of the molecule is NC(=O)c1cc(OC2CC2)cc(C(F)(F)F)c1. The van der Waals surface area contributed by atoms with E-state index in [2.05, 4.69) is 0 Å². The van der Waals surface area contributed by atoms with E-state index >= 15 is 0 Å². The maximum atomic E-state index is 12.6. The smallest absolute Gasteiger partial charge is 0.416 e. The monoisotopic (exact) mass is 245 g/mol. The molecule has 1 aliphatic carbocycles. The topological polar surface area (TPSA) is 52.3 Å². The van der Waals surface area contributed by atoms with Crippen molar-refractivity contribution in [1.29, 1.82) is 0 Å². The van der Waals surface area contributed by atoms with Crippen LogP contribution >= 0.6 is 0 Å². The summed E-state index contributed by atoms with van der Waals surface area (Å²) in [5.41, 5.74) is 3.85. The molecule has 3 nitrogen and oxygen atoms in total. The van der Waals surface area contributed by atoms with Crippen molar-refractivity contribution in [2.45, 2.75) is 25.1 Å². The maximum absolute atomic E-state index is 12.6. The molecule has 2 N–H and O–H groups in total.